The Bertz CT molecular complexity index is 568. The SMILES string of the molecule is Cc1cc2c([nH]1)c1[nH]c(C)cc1n2C. The van der Waals surface area contributed by atoms with Crippen molar-refractivity contribution < 1.29 is 0 Å². The number of aryl methyl sites for hydroxylation is 3. The highest BCUT2D eigenvalue weighted by atomic mass is 15.0. The van der Waals surface area contributed by atoms with Crippen LogP contribution in [0, 0.1) is 13.8 Å². The van der Waals surface area contributed by atoms with E-state index in [-0.39, 0.29) is 0 Å². The van der Waals surface area contributed by atoms with Gasteiger partial charge in [-0.2, -0.15) is 0 Å². The quantitative estimate of drug-likeness (QED) is 0.543. The van der Waals surface area contributed by atoms with Gasteiger partial charge in [0.2, 0.25) is 0 Å². The van der Waals surface area contributed by atoms with Crippen molar-refractivity contribution in [2.45, 2.75) is 13.8 Å². The minimum atomic E-state index is 1.21. The van der Waals surface area contributed by atoms with Gasteiger partial charge in [0.25, 0.3) is 0 Å². The van der Waals surface area contributed by atoms with Crippen LogP contribution in [-0.4, -0.2) is 14.5 Å². The van der Waals surface area contributed by atoms with E-state index in [1.807, 2.05) is 0 Å². The molecule has 3 heteroatoms. The number of aromatic amines is 2. The summed E-state index contributed by atoms with van der Waals surface area (Å²) in [5.74, 6) is 0. The molecule has 0 bridgehead atoms. The van der Waals surface area contributed by atoms with E-state index in [0.717, 1.165) is 0 Å². The third-order valence-electron chi connectivity index (χ3n) is 2.84. The molecule has 3 aromatic heterocycles. The number of rotatable bonds is 0. The van der Waals surface area contributed by atoms with Crippen molar-refractivity contribution in [1.29, 1.82) is 0 Å². The van der Waals surface area contributed by atoms with Crippen molar-refractivity contribution in [3.05, 3.63) is 23.5 Å². The van der Waals surface area contributed by atoms with Crippen molar-refractivity contribution >= 4 is 22.1 Å². The second kappa shape index (κ2) is 2.23. The molecule has 0 atom stereocenters. The molecule has 0 unspecified atom stereocenters. The van der Waals surface area contributed by atoms with Gasteiger partial charge < -0.3 is 14.5 Å². The molecule has 3 nitrogen and oxygen atoms in total. The molecule has 0 amide bonds. The number of hydrogen-bond donors (Lipinski definition) is 2. The second-order valence-electron chi connectivity index (χ2n) is 3.98. The smallest absolute Gasteiger partial charge is 0.0884 e. The van der Waals surface area contributed by atoms with Crippen LogP contribution in [0.3, 0.4) is 0 Å². The fourth-order valence-corrected chi connectivity index (χ4v) is 2.19. The zero-order chi connectivity index (χ0) is 9.87. The van der Waals surface area contributed by atoms with Crippen LogP contribution in [0.25, 0.3) is 22.1 Å². The number of fused-ring (bicyclic) bond motifs is 3. The Morgan fingerprint density at radius 1 is 0.929 bits per heavy atom. The number of nitrogens with zero attached hydrogens (tertiary/aromatic N) is 1. The maximum absolute atomic E-state index is 3.38. The molecule has 0 aliphatic rings. The molecule has 2 N–H and O–H groups in total. The number of nitrogens with one attached hydrogen (secondary N) is 2. The molecule has 0 fully saturated rings. The van der Waals surface area contributed by atoms with Crippen LogP contribution in [0.15, 0.2) is 12.1 Å². The molecular formula is C11H13N3. The zero-order valence-electron chi connectivity index (χ0n) is 8.60. The van der Waals surface area contributed by atoms with Crippen molar-refractivity contribution in [2.75, 3.05) is 0 Å². The molecule has 72 valence electrons. The molecule has 14 heavy (non-hydrogen) atoms. The van der Waals surface area contributed by atoms with Crippen LogP contribution in [-0.2, 0) is 7.05 Å². The Morgan fingerprint density at radius 3 is 1.79 bits per heavy atom. The summed E-state index contributed by atoms with van der Waals surface area (Å²) >= 11 is 0. The van der Waals surface area contributed by atoms with Gasteiger partial charge in [-0.15, -0.1) is 0 Å². The molecule has 3 heterocycles. The van der Waals surface area contributed by atoms with Crippen LogP contribution in [0.4, 0.5) is 0 Å². The molecule has 0 saturated carbocycles. The summed E-state index contributed by atoms with van der Waals surface area (Å²) in [6, 6.07) is 4.36. The normalized spacial score (nSPS) is 11.9. The maximum Gasteiger partial charge on any atom is 0.0884 e. The fourth-order valence-electron chi connectivity index (χ4n) is 2.19. The topological polar surface area (TPSA) is 36.5 Å². The van der Waals surface area contributed by atoms with Crippen LogP contribution in [0.5, 0.6) is 0 Å². The summed E-state index contributed by atoms with van der Waals surface area (Å²) in [6.45, 7) is 4.17. The predicted octanol–water partition coefficient (Wildman–Crippen LogP) is 2.60. The Labute approximate surface area is 81.7 Å². The summed E-state index contributed by atoms with van der Waals surface area (Å²) in [5.41, 5.74) is 7.38. The molecular weight excluding hydrogens is 174 g/mol. The lowest BCUT2D eigenvalue weighted by atomic mass is 10.4. The molecule has 3 aromatic rings. The lowest BCUT2D eigenvalue weighted by Gasteiger charge is -1.91. The fraction of sp³-hybridized carbons (Fsp3) is 0.273. The molecule has 0 saturated heterocycles. The highest BCUT2D eigenvalue weighted by Gasteiger charge is 2.11. The van der Waals surface area contributed by atoms with Crippen LogP contribution >= 0.6 is 0 Å². The average molecular weight is 187 g/mol. The first kappa shape index (κ1) is 7.74. The van der Waals surface area contributed by atoms with Gasteiger partial charge in [-0.25, -0.2) is 0 Å². The first-order chi connectivity index (χ1) is 6.66. The number of aromatic nitrogens is 3. The summed E-state index contributed by atoms with van der Waals surface area (Å²) < 4.78 is 2.22. The maximum atomic E-state index is 3.38. The first-order valence-electron chi connectivity index (χ1n) is 4.80. The highest BCUT2D eigenvalue weighted by molar-refractivity contribution is 6.04. The standard InChI is InChI=1S/C11H13N3/c1-6-4-8-10(12-6)11-9(14(8)3)5-7(2)13-11/h4-5,12-13H,1-3H3. The molecule has 0 aliphatic heterocycles. The Kier molecular flexibility index (Phi) is 1.23. The van der Waals surface area contributed by atoms with Gasteiger partial charge in [0, 0.05) is 18.4 Å². The van der Waals surface area contributed by atoms with Crippen molar-refractivity contribution in [2.24, 2.45) is 7.05 Å². The lowest BCUT2D eigenvalue weighted by Crippen LogP contribution is -1.83. The van der Waals surface area contributed by atoms with Gasteiger partial charge in [-0.3, -0.25) is 0 Å². The van der Waals surface area contributed by atoms with Gasteiger partial charge in [0.05, 0.1) is 22.1 Å². The molecule has 0 aliphatic carbocycles. The van der Waals surface area contributed by atoms with Gasteiger partial charge in [0.15, 0.2) is 0 Å². The van der Waals surface area contributed by atoms with Gasteiger partial charge in [0.1, 0.15) is 0 Å². The third kappa shape index (κ3) is 0.769. The van der Waals surface area contributed by atoms with E-state index in [1.54, 1.807) is 0 Å². The minimum Gasteiger partial charge on any atom is -0.356 e. The van der Waals surface area contributed by atoms with E-state index in [1.165, 1.54) is 33.5 Å². The Morgan fingerprint density at radius 2 is 1.36 bits per heavy atom. The molecule has 0 radical (unpaired) electrons. The summed E-state index contributed by atoms with van der Waals surface area (Å²) in [6.07, 6.45) is 0. The summed E-state index contributed by atoms with van der Waals surface area (Å²) in [4.78, 5) is 6.77. The van der Waals surface area contributed by atoms with Crippen LogP contribution in [0.1, 0.15) is 11.4 Å². The van der Waals surface area contributed by atoms with E-state index in [0.29, 0.717) is 0 Å². The second-order valence-corrected chi connectivity index (χ2v) is 3.98. The number of hydrogen-bond acceptors (Lipinski definition) is 0. The van der Waals surface area contributed by atoms with E-state index < -0.39 is 0 Å². The largest absolute Gasteiger partial charge is 0.356 e. The average Bonchev–Trinajstić information content (AvgIpc) is 2.71. The first-order valence-corrected chi connectivity index (χ1v) is 4.80. The van der Waals surface area contributed by atoms with E-state index in [9.17, 15) is 0 Å². The highest BCUT2D eigenvalue weighted by Crippen LogP contribution is 2.27. The Balaban J connectivity index is 2.62. The molecule has 0 spiro atoms. The summed E-state index contributed by atoms with van der Waals surface area (Å²) in [5, 5.41) is 0. The van der Waals surface area contributed by atoms with Crippen LogP contribution < -0.4 is 0 Å². The molecule has 3 rings (SSSR count). The van der Waals surface area contributed by atoms with Gasteiger partial charge in [-0.1, -0.05) is 0 Å². The van der Waals surface area contributed by atoms with Crippen molar-refractivity contribution in [1.82, 2.24) is 14.5 Å². The number of H-pyrrole nitrogens is 2. The van der Waals surface area contributed by atoms with E-state index in [4.69, 9.17) is 0 Å². The summed E-state index contributed by atoms with van der Waals surface area (Å²) in [7, 11) is 2.10. The zero-order valence-corrected chi connectivity index (χ0v) is 8.60. The van der Waals surface area contributed by atoms with Crippen molar-refractivity contribution in [3.8, 4) is 0 Å². The van der Waals surface area contributed by atoms with Gasteiger partial charge in [-0.05, 0) is 26.0 Å². The monoisotopic (exact) mass is 187 g/mol. The van der Waals surface area contributed by atoms with E-state index >= 15 is 0 Å². The van der Waals surface area contributed by atoms with Crippen LogP contribution in [0.2, 0.25) is 0 Å². The van der Waals surface area contributed by atoms with E-state index in [2.05, 4.69) is 47.6 Å². The molecule has 0 aromatic carbocycles. The minimum absolute atomic E-state index is 1.21. The Hall–Kier alpha value is -1.64. The van der Waals surface area contributed by atoms with Gasteiger partial charge >= 0.3 is 0 Å². The lowest BCUT2D eigenvalue weighted by molar-refractivity contribution is 1.02. The predicted molar refractivity (Wildman–Crippen MR) is 58.6 cm³/mol. The third-order valence-corrected chi connectivity index (χ3v) is 2.84. The van der Waals surface area contributed by atoms with Crippen molar-refractivity contribution in [3.63, 3.8) is 0 Å².